The van der Waals surface area contributed by atoms with E-state index in [1.165, 1.54) is 0 Å². The van der Waals surface area contributed by atoms with Crippen LogP contribution in [0.1, 0.15) is 6.92 Å². The van der Waals surface area contributed by atoms with Crippen molar-refractivity contribution >= 4 is 43.3 Å². The number of amides is 1. The van der Waals surface area contributed by atoms with Gasteiger partial charge in [-0.2, -0.15) is 0 Å². The van der Waals surface area contributed by atoms with Crippen molar-refractivity contribution in [1.29, 1.82) is 0 Å². The van der Waals surface area contributed by atoms with Gasteiger partial charge in [0.2, 0.25) is 5.91 Å². The number of hydrogen-bond donors (Lipinski definition) is 6. The molecule has 12 heteroatoms. The van der Waals surface area contributed by atoms with Crippen LogP contribution < -0.4 is 5.32 Å². The number of phosphoric ester groups is 1. The second kappa shape index (κ2) is 8.16. The number of nitrogens with one attached hydrogen (secondary N) is 1. The Bertz CT molecular complexity index is 377. The van der Waals surface area contributed by atoms with Crippen LogP contribution in [0.3, 0.4) is 0 Å². The summed E-state index contributed by atoms with van der Waals surface area (Å²) in [5, 5.41) is 30.5. The third-order valence-corrected chi connectivity index (χ3v) is 2.97. The summed E-state index contributed by atoms with van der Waals surface area (Å²) in [7, 11) is -4.95. The van der Waals surface area contributed by atoms with E-state index in [0.717, 1.165) is 6.92 Å². The summed E-state index contributed by atoms with van der Waals surface area (Å²) >= 11 is 0. The van der Waals surface area contributed by atoms with Crippen molar-refractivity contribution in [2.45, 2.75) is 37.6 Å². The summed E-state index contributed by atoms with van der Waals surface area (Å²) in [4.78, 5) is 28.4. The van der Waals surface area contributed by atoms with Crippen LogP contribution in [0.15, 0.2) is 0 Å². The Morgan fingerprint density at radius 2 is 1.90 bits per heavy atom. The summed E-state index contributed by atoms with van der Waals surface area (Å²) in [6, 6.07) is -1.39. The molecule has 0 spiro atoms. The first-order chi connectivity index (χ1) is 8.65. The predicted octanol–water partition coefficient (Wildman–Crippen LogP) is -3.34. The fraction of sp³-hybridized carbons (Fsp3) is 0.875. The van der Waals surface area contributed by atoms with Crippen molar-refractivity contribution in [3.05, 3.63) is 0 Å². The van der Waals surface area contributed by atoms with Gasteiger partial charge in [0.05, 0.1) is 6.61 Å². The van der Waals surface area contributed by atoms with E-state index in [2.05, 4.69) is 9.84 Å². The minimum absolute atomic E-state index is 0. The molecule has 1 amide bonds. The normalized spacial score (nSPS) is 34.2. The molecule has 1 saturated heterocycles. The van der Waals surface area contributed by atoms with Crippen LogP contribution in [0.25, 0.3) is 0 Å². The SMILES string of the molecule is CC(=O)NC1C(OP(=O)(O)O)OC(CO)C(O)C1O.[Na]. The Hall–Kier alpha value is 0.420. The van der Waals surface area contributed by atoms with Crippen molar-refractivity contribution in [1.82, 2.24) is 5.32 Å². The van der Waals surface area contributed by atoms with Crippen molar-refractivity contribution < 1.29 is 43.7 Å². The number of aliphatic hydroxyl groups excluding tert-OH is 3. The first-order valence-electron chi connectivity index (χ1n) is 5.29. The molecule has 1 rings (SSSR count). The summed E-state index contributed by atoms with van der Waals surface area (Å²) in [6.07, 6.45) is -6.17. The monoisotopic (exact) mass is 324 g/mol. The molecule has 20 heavy (non-hydrogen) atoms. The molecule has 1 fully saturated rings. The molecule has 1 aliphatic heterocycles. The Morgan fingerprint density at radius 1 is 1.35 bits per heavy atom. The number of ether oxygens (including phenoxy) is 1. The van der Waals surface area contributed by atoms with Gasteiger partial charge < -0.3 is 35.2 Å². The molecule has 113 valence electrons. The van der Waals surface area contributed by atoms with Gasteiger partial charge in [-0.1, -0.05) is 0 Å². The van der Waals surface area contributed by atoms with Crippen LogP contribution in [0, 0.1) is 0 Å². The van der Waals surface area contributed by atoms with E-state index in [1.54, 1.807) is 0 Å². The molecule has 5 atom stereocenters. The minimum atomic E-state index is -4.95. The van der Waals surface area contributed by atoms with Gasteiger partial charge >= 0.3 is 7.82 Å². The number of aliphatic hydroxyl groups is 3. The molecule has 0 saturated carbocycles. The molecule has 6 N–H and O–H groups in total. The maximum absolute atomic E-state index is 11.0. The van der Waals surface area contributed by atoms with Gasteiger partial charge in [0.1, 0.15) is 24.4 Å². The van der Waals surface area contributed by atoms with E-state index in [4.69, 9.17) is 19.6 Å². The van der Waals surface area contributed by atoms with Crippen molar-refractivity contribution in [3.63, 3.8) is 0 Å². The number of phosphoric acid groups is 1. The average molecular weight is 324 g/mol. The molecule has 0 bridgehead atoms. The van der Waals surface area contributed by atoms with Gasteiger partial charge in [0.15, 0.2) is 6.29 Å². The smallest absolute Gasteiger partial charge is 0.394 e. The molecular weight excluding hydrogens is 308 g/mol. The van der Waals surface area contributed by atoms with E-state index in [-0.39, 0.29) is 29.6 Å². The Labute approximate surface area is 136 Å². The maximum Gasteiger partial charge on any atom is 0.472 e. The van der Waals surface area contributed by atoms with Crippen LogP contribution in [0.4, 0.5) is 0 Å². The van der Waals surface area contributed by atoms with Gasteiger partial charge in [0, 0.05) is 36.5 Å². The Kier molecular flexibility index (Phi) is 8.33. The molecule has 10 nitrogen and oxygen atoms in total. The van der Waals surface area contributed by atoms with E-state index in [0.29, 0.717) is 0 Å². The van der Waals surface area contributed by atoms with Gasteiger partial charge in [-0.05, 0) is 0 Å². The third-order valence-electron chi connectivity index (χ3n) is 2.49. The van der Waals surface area contributed by atoms with Gasteiger partial charge in [-0.3, -0.25) is 9.32 Å². The quantitative estimate of drug-likeness (QED) is 0.229. The summed E-state index contributed by atoms with van der Waals surface area (Å²) in [6.45, 7) is 0.401. The van der Waals surface area contributed by atoms with Crippen molar-refractivity contribution in [2.75, 3.05) is 6.61 Å². The van der Waals surface area contributed by atoms with Gasteiger partial charge in [-0.25, -0.2) is 4.57 Å². The Morgan fingerprint density at radius 3 is 2.30 bits per heavy atom. The van der Waals surface area contributed by atoms with Crippen LogP contribution in [0.5, 0.6) is 0 Å². The number of rotatable bonds is 4. The van der Waals surface area contributed by atoms with E-state index < -0.39 is 51.0 Å². The van der Waals surface area contributed by atoms with Crippen LogP contribution in [-0.2, 0) is 18.6 Å². The molecule has 5 unspecified atom stereocenters. The second-order valence-electron chi connectivity index (χ2n) is 4.03. The molecular formula is C8H16NNaO9P. The fourth-order valence-corrected chi connectivity index (χ4v) is 2.15. The predicted molar refractivity (Wildman–Crippen MR) is 64.2 cm³/mol. The second-order valence-corrected chi connectivity index (χ2v) is 5.22. The largest absolute Gasteiger partial charge is 0.472 e. The molecule has 0 aromatic rings. The van der Waals surface area contributed by atoms with Crippen LogP contribution >= 0.6 is 7.82 Å². The summed E-state index contributed by atoms with van der Waals surface area (Å²) < 4.78 is 20.0. The third kappa shape index (κ3) is 5.66. The molecule has 0 aromatic heterocycles. The first-order valence-corrected chi connectivity index (χ1v) is 6.82. The van der Waals surface area contributed by atoms with Gasteiger partial charge in [0.25, 0.3) is 0 Å². The zero-order valence-corrected chi connectivity index (χ0v) is 13.8. The molecule has 1 aliphatic rings. The number of carbonyl (C=O) groups is 1. The van der Waals surface area contributed by atoms with E-state index in [9.17, 15) is 19.6 Å². The number of hydrogen-bond acceptors (Lipinski definition) is 7. The van der Waals surface area contributed by atoms with Gasteiger partial charge in [-0.15, -0.1) is 0 Å². The van der Waals surface area contributed by atoms with Crippen molar-refractivity contribution in [2.24, 2.45) is 0 Å². The number of carbonyl (C=O) groups excluding carboxylic acids is 1. The summed E-state index contributed by atoms with van der Waals surface area (Å²) in [5.74, 6) is -0.624. The molecule has 0 aliphatic carbocycles. The average Bonchev–Trinajstić information content (AvgIpc) is 2.26. The van der Waals surface area contributed by atoms with E-state index in [1.807, 2.05) is 0 Å². The zero-order chi connectivity index (χ0) is 14.8. The molecule has 0 aromatic carbocycles. The van der Waals surface area contributed by atoms with E-state index >= 15 is 0 Å². The standard InChI is InChI=1S/C8H16NO9P.Na/c1-3(11)9-5-7(13)6(12)4(2-10)17-8(5)18-19(14,15)16;/h4-8,10,12-13H,2H2,1H3,(H,9,11)(H2,14,15,16);. The first kappa shape index (κ1) is 20.4. The zero-order valence-electron chi connectivity index (χ0n) is 10.9. The van der Waals surface area contributed by atoms with Crippen LogP contribution in [-0.4, -0.2) is 97.8 Å². The fourth-order valence-electron chi connectivity index (χ4n) is 1.70. The Balaban J connectivity index is 0.00000361. The topological polar surface area (TPSA) is 166 Å². The summed E-state index contributed by atoms with van der Waals surface area (Å²) in [5.41, 5.74) is 0. The maximum atomic E-state index is 11.0. The molecule has 1 heterocycles. The van der Waals surface area contributed by atoms with Crippen molar-refractivity contribution in [3.8, 4) is 0 Å². The minimum Gasteiger partial charge on any atom is -0.394 e. The van der Waals surface area contributed by atoms with Crippen LogP contribution in [0.2, 0.25) is 0 Å². The molecule has 1 radical (unpaired) electrons.